The van der Waals surface area contributed by atoms with E-state index in [2.05, 4.69) is 9.88 Å². The zero-order valence-corrected chi connectivity index (χ0v) is 19.8. The van der Waals surface area contributed by atoms with Gasteiger partial charge in [0.25, 0.3) is 0 Å². The number of hydrogen-bond donors (Lipinski definition) is 0. The first-order chi connectivity index (χ1) is 16.1. The van der Waals surface area contributed by atoms with E-state index in [9.17, 15) is 9.00 Å². The van der Waals surface area contributed by atoms with Crippen molar-refractivity contribution >= 4 is 27.6 Å². The number of nitrogens with zero attached hydrogens (tertiary/aromatic N) is 4. The Morgan fingerprint density at radius 2 is 1.88 bits per heavy atom. The Morgan fingerprint density at radius 3 is 2.58 bits per heavy atom. The maximum absolute atomic E-state index is 12.4. The summed E-state index contributed by atoms with van der Waals surface area (Å²) in [5, 5.41) is 1.04. The van der Waals surface area contributed by atoms with Crippen molar-refractivity contribution in [3.8, 4) is 11.6 Å². The van der Waals surface area contributed by atoms with E-state index in [1.807, 2.05) is 52.1 Å². The highest BCUT2D eigenvalue weighted by atomic mass is 32.2. The van der Waals surface area contributed by atoms with Gasteiger partial charge in [0.05, 0.1) is 18.3 Å². The summed E-state index contributed by atoms with van der Waals surface area (Å²) in [5.74, 6) is 1.85. The third kappa shape index (κ3) is 4.96. The predicted molar refractivity (Wildman–Crippen MR) is 129 cm³/mol. The van der Waals surface area contributed by atoms with Crippen molar-refractivity contribution in [2.45, 2.75) is 36.7 Å². The standard InChI is InChI=1S/C25H30N4O3S/c1-33(31)22-5-6-23-19(16-22)8-15-29(23)24-7-4-21(17-26-24)32-20-9-13-27(14-10-20)18-25(30)28-11-2-3-12-28/h4-8,15-17,20H,2-3,9-14,18H2,1H3. The van der Waals surface area contributed by atoms with Crippen LogP contribution in [0, 0.1) is 0 Å². The molecule has 7 nitrogen and oxygen atoms in total. The number of hydrogen-bond acceptors (Lipinski definition) is 5. The van der Waals surface area contributed by atoms with E-state index in [0.29, 0.717) is 6.54 Å². The second-order valence-corrected chi connectivity index (χ2v) is 10.3. The molecule has 2 saturated heterocycles. The summed E-state index contributed by atoms with van der Waals surface area (Å²) >= 11 is 0. The van der Waals surface area contributed by atoms with Crippen LogP contribution >= 0.6 is 0 Å². The number of aromatic nitrogens is 2. The summed E-state index contributed by atoms with van der Waals surface area (Å²) in [7, 11) is -0.997. The molecule has 0 spiro atoms. The summed E-state index contributed by atoms with van der Waals surface area (Å²) < 4.78 is 20.0. The minimum absolute atomic E-state index is 0.150. The molecule has 2 fully saturated rings. The van der Waals surface area contributed by atoms with Gasteiger partial charge < -0.3 is 14.2 Å². The van der Waals surface area contributed by atoms with E-state index in [1.54, 1.807) is 12.5 Å². The molecule has 0 radical (unpaired) electrons. The molecule has 0 bridgehead atoms. The van der Waals surface area contributed by atoms with Gasteiger partial charge in [0.1, 0.15) is 17.7 Å². The van der Waals surface area contributed by atoms with E-state index in [4.69, 9.17) is 4.74 Å². The average molecular weight is 467 g/mol. The molecule has 1 unspecified atom stereocenters. The fourth-order valence-electron chi connectivity index (χ4n) is 4.72. The van der Waals surface area contributed by atoms with Crippen LogP contribution in [0.4, 0.5) is 0 Å². The summed E-state index contributed by atoms with van der Waals surface area (Å²) in [6.07, 6.45) is 9.70. The number of carbonyl (C=O) groups is 1. The number of benzene rings is 1. The minimum atomic E-state index is -0.997. The first kappa shape index (κ1) is 22.1. The Hall–Kier alpha value is -2.71. The zero-order valence-electron chi connectivity index (χ0n) is 19.0. The Bertz CT molecular complexity index is 1150. The second kappa shape index (κ2) is 9.65. The zero-order chi connectivity index (χ0) is 22.8. The Balaban J connectivity index is 1.17. The third-order valence-corrected chi connectivity index (χ3v) is 7.53. The van der Waals surface area contributed by atoms with Crippen molar-refractivity contribution in [2.24, 2.45) is 0 Å². The number of likely N-dealkylation sites (tertiary alicyclic amines) is 2. The van der Waals surface area contributed by atoms with Crippen LogP contribution in [0.3, 0.4) is 0 Å². The van der Waals surface area contributed by atoms with Gasteiger partial charge >= 0.3 is 0 Å². The van der Waals surface area contributed by atoms with E-state index >= 15 is 0 Å². The van der Waals surface area contributed by atoms with Crippen LogP contribution in [0.25, 0.3) is 16.7 Å². The monoisotopic (exact) mass is 466 g/mol. The molecule has 2 aromatic heterocycles. The number of fused-ring (bicyclic) bond motifs is 1. The largest absolute Gasteiger partial charge is 0.489 e. The quantitative estimate of drug-likeness (QED) is 0.558. The van der Waals surface area contributed by atoms with Crippen LogP contribution in [-0.2, 0) is 15.6 Å². The molecule has 174 valence electrons. The van der Waals surface area contributed by atoms with Crippen LogP contribution in [0.1, 0.15) is 25.7 Å². The predicted octanol–water partition coefficient (Wildman–Crippen LogP) is 3.23. The number of carbonyl (C=O) groups excluding carboxylic acids is 1. The normalized spacial score (nSPS) is 18.6. The number of ether oxygens (including phenoxy) is 1. The van der Waals surface area contributed by atoms with Crippen LogP contribution in [0.15, 0.2) is 53.7 Å². The Kier molecular flexibility index (Phi) is 6.46. The summed E-state index contributed by atoms with van der Waals surface area (Å²) in [5.41, 5.74) is 1.03. The van der Waals surface area contributed by atoms with Crippen molar-refractivity contribution in [3.05, 3.63) is 48.8 Å². The molecule has 1 amide bonds. The van der Waals surface area contributed by atoms with Gasteiger partial charge in [-0.15, -0.1) is 0 Å². The van der Waals surface area contributed by atoms with Crippen molar-refractivity contribution in [1.82, 2.24) is 19.4 Å². The van der Waals surface area contributed by atoms with Crippen LogP contribution in [-0.4, -0.2) is 74.6 Å². The molecule has 2 aliphatic rings. The van der Waals surface area contributed by atoms with Gasteiger partial charge in [-0.3, -0.25) is 13.9 Å². The number of pyridine rings is 1. The van der Waals surface area contributed by atoms with Crippen LogP contribution < -0.4 is 4.74 Å². The topological polar surface area (TPSA) is 67.7 Å². The van der Waals surface area contributed by atoms with Gasteiger partial charge in [0, 0.05) is 59.7 Å². The fourth-order valence-corrected chi connectivity index (χ4v) is 5.27. The molecule has 2 aliphatic heterocycles. The first-order valence-electron chi connectivity index (χ1n) is 11.6. The maximum Gasteiger partial charge on any atom is 0.236 e. The van der Waals surface area contributed by atoms with Gasteiger partial charge in [-0.2, -0.15) is 0 Å². The molecule has 8 heteroatoms. The summed E-state index contributed by atoms with van der Waals surface area (Å²) in [6, 6.07) is 11.8. The molecule has 0 N–H and O–H groups in total. The van der Waals surface area contributed by atoms with Crippen molar-refractivity contribution in [2.75, 3.05) is 39.0 Å². The summed E-state index contributed by atoms with van der Waals surface area (Å²) in [6.45, 7) is 4.14. The lowest BCUT2D eigenvalue weighted by Crippen LogP contribution is -2.44. The van der Waals surface area contributed by atoms with E-state index in [0.717, 1.165) is 79.2 Å². The van der Waals surface area contributed by atoms with Crippen molar-refractivity contribution in [1.29, 1.82) is 0 Å². The molecule has 5 rings (SSSR count). The summed E-state index contributed by atoms with van der Waals surface area (Å²) in [4.78, 5) is 22.0. The van der Waals surface area contributed by atoms with Crippen LogP contribution in [0.2, 0.25) is 0 Å². The number of rotatable bonds is 6. The lowest BCUT2D eigenvalue weighted by atomic mass is 10.1. The van der Waals surface area contributed by atoms with Crippen molar-refractivity contribution < 1.29 is 13.7 Å². The molecule has 1 aromatic carbocycles. The molecule has 4 heterocycles. The van der Waals surface area contributed by atoms with E-state index in [-0.39, 0.29) is 12.0 Å². The van der Waals surface area contributed by atoms with E-state index in [1.165, 1.54) is 0 Å². The van der Waals surface area contributed by atoms with Gasteiger partial charge in [0.15, 0.2) is 0 Å². The SMILES string of the molecule is CS(=O)c1ccc2c(ccn2-c2ccc(OC3CCN(CC(=O)N4CCCC4)CC3)cn2)c1. The number of piperidine rings is 1. The molecule has 33 heavy (non-hydrogen) atoms. The highest BCUT2D eigenvalue weighted by Crippen LogP contribution is 2.24. The fraction of sp³-hybridized carbons (Fsp3) is 0.440. The lowest BCUT2D eigenvalue weighted by molar-refractivity contribution is -0.131. The molecular formula is C25H30N4O3S. The molecule has 0 aliphatic carbocycles. The Labute approximate surface area is 196 Å². The molecule has 3 aromatic rings. The molecule has 1 atom stereocenters. The maximum atomic E-state index is 12.4. The highest BCUT2D eigenvalue weighted by Gasteiger charge is 2.25. The lowest BCUT2D eigenvalue weighted by Gasteiger charge is -2.32. The second-order valence-electron chi connectivity index (χ2n) is 8.89. The third-order valence-electron chi connectivity index (χ3n) is 6.62. The van der Waals surface area contributed by atoms with Crippen LogP contribution in [0.5, 0.6) is 5.75 Å². The van der Waals surface area contributed by atoms with Gasteiger partial charge in [-0.05, 0) is 62.1 Å². The van der Waals surface area contributed by atoms with Gasteiger partial charge in [-0.25, -0.2) is 4.98 Å². The Morgan fingerprint density at radius 1 is 1.09 bits per heavy atom. The molecular weight excluding hydrogens is 436 g/mol. The van der Waals surface area contributed by atoms with Gasteiger partial charge in [0.2, 0.25) is 5.91 Å². The molecule has 0 saturated carbocycles. The average Bonchev–Trinajstić information content (AvgIpc) is 3.51. The minimum Gasteiger partial charge on any atom is -0.489 e. The van der Waals surface area contributed by atoms with E-state index < -0.39 is 10.8 Å². The van der Waals surface area contributed by atoms with Crippen molar-refractivity contribution in [3.63, 3.8) is 0 Å². The first-order valence-corrected chi connectivity index (χ1v) is 13.2. The van der Waals surface area contributed by atoms with Gasteiger partial charge in [-0.1, -0.05) is 0 Å². The highest BCUT2D eigenvalue weighted by molar-refractivity contribution is 7.84. The number of amides is 1. The smallest absolute Gasteiger partial charge is 0.236 e.